The average molecular weight is 433 g/mol. The third-order valence-corrected chi connectivity index (χ3v) is 4.92. The number of hydrogen-bond acceptors (Lipinski definition) is 5. The Hall–Kier alpha value is -3.61. The quantitative estimate of drug-likeness (QED) is 0.524. The lowest BCUT2D eigenvalue weighted by atomic mass is 10.0. The molecule has 3 rings (SSSR count). The number of nitrogens with zero attached hydrogens (tertiary/aromatic N) is 4. The number of benzene rings is 2. The number of carbonyl (C=O) groups excluding carboxylic acids is 1. The monoisotopic (exact) mass is 432 g/mol. The highest BCUT2D eigenvalue weighted by atomic mass is 35.5. The average Bonchev–Trinajstić information content (AvgIpc) is 3.02. The van der Waals surface area contributed by atoms with Gasteiger partial charge in [-0.2, -0.15) is 15.6 Å². The van der Waals surface area contributed by atoms with Crippen LogP contribution in [0.15, 0.2) is 42.5 Å². The van der Waals surface area contributed by atoms with Crippen LogP contribution in [0.1, 0.15) is 53.6 Å². The Balaban J connectivity index is 1.88. The van der Waals surface area contributed by atoms with E-state index in [2.05, 4.69) is 11.2 Å². The van der Waals surface area contributed by atoms with E-state index < -0.39 is 5.60 Å². The third-order valence-electron chi connectivity index (χ3n) is 4.61. The van der Waals surface area contributed by atoms with E-state index in [-0.39, 0.29) is 11.7 Å². The van der Waals surface area contributed by atoms with Crippen LogP contribution in [-0.2, 0) is 11.3 Å². The zero-order chi connectivity index (χ0) is 22.8. The molecule has 0 aliphatic carbocycles. The van der Waals surface area contributed by atoms with Crippen molar-refractivity contribution in [3.8, 4) is 23.3 Å². The second-order valence-corrected chi connectivity index (χ2v) is 8.49. The van der Waals surface area contributed by atoms with Crippen molar-refractivity contribution in [2.24, 2.45) is 0 Å². The van der Waals surface area contributed by atoms with E-state index in [1.54, 1.807) is 35.0 Å². The lowest BCUT2D eigenvalue weighted by molar-refractivity contribution is 0.00695. The van der Waals surface area contributed by atoms with Crippen molar-refractivity contribution in [1.82, 2.24) is 9.78 Å². The number of halogens is 1. The third kappa shape index (κ3) is 4.94. The molecule has 0 aliphatic heterocycles. The zero-order valence-electron chi connectivity index (χ0n) is 17.7. The predicted octanol–water partition coefficient (Wildman–Crippen LogP) is 5.26. The van der Waals surface area contributed by atoms with E-state index in [1.165, 1.54) is 0 Å². The first-order valence-corrected chi connectivity index (χ1v) is 10.0. The highest BCUT2D eigenvalue weighted by molar-refractivity contribution is 6.32. The Labute approximate surface area is 186 Å². The van der Waals surface area contributed by atoms with Crippen molar-refractivity contribution in [3.05, 3.63) is 75.6 Å². The van der Waals surface area contributed by atoms with Crippen LogP contribution >= 0.6 is 11.6 Å². The number of nitriles is 2. The fourth-order valence-electron chi connectivity index (χ4n) is 3.14. The van der Waals surface area contributed by atoms with Crippen LogP contribution in [0.25, 0.3) is 11.1 Å². The van der Waals surface area contributed by atoms with E-state index in [9.17, 15) is 10.1 Å². The van der Waals surface area contributed by atoms with E-state index in [4.69, 9.17) is 21.6 Å². The Morgan fingerprint density at radius 3 is 2.35 bits per heavy atom. The molecule has 0 fully saturated rings. The lowest BCUT2D eigenvalue weighted by Gasteiger charge is -2.19. The first-order chi connectivity index (χ1) is 14.6. The fraction of sp³-hybridized carbons (Fsp3) is 0.250. The van der Waals surface area contributed by atoms with Crippen LogP contribution in [0, 0.1) is 29.6 Å². The van der Waals surface area contributed by atoms with Gasteiger partial charge in [-0.3, -0.25) is 4.68 Å². The van der Waals surface area contributed by atoms with E-state index >= 15 is 0 Å². The van der Waals surface area contributed by atoms with Crippen molar-refractivity contribution in [2.45, 2.75) is 39.8 Å². The smallest absolute Gasteiger partial charge is 0.338 e. The number of esters is 1. The minimum atomic E-state index is -0.555. The first kappa shape index (κ1) is 22.1. The van der Waals surface area contributed by atoms with E-state index in [0.717, 1.165) is 16.8 Å². The molecule has 1 aromatic heterocycles. The normalized spacial score (nSPS) is 10.9. The number of ether oxygens (including phenoxy) is 1. The summed E-state index contributed by atoms with van der Waals surface area (Å²) in [5.74, 6) is -0.374. The summed E-state index contributed by atoms with van der Waals surface area (Å²) >= 11 is 6.17. The molecule has 2 aromatic carbocycles. The maximum atomic E-state index is 12.2. The molecule has 1 heterocycles. The molecule has 0 radical (unpaired) electrons. The van der Waals surface area contributed by atoms with Crippen LogP contribution in [0.5, 0.6) is 0 Å². The molecule has 3 aromatic rings. The summed E-state index contributed by atoms with van der Waals surface area (Å²) < 4.78 is 7.12. The maximum Gasteiger partial charge on any atom is 0.338 e. The standard InChI is InChI=1S/C24H21ClN4O2/c1-15-22(18-9-10-19(12-26)20(25)11-18)21(13-27)28-29(15)14-16-5-7-17(8-6-16)23(30)31-24(2,3)4/h5-11H,14H2,1-4H3. The van der Waals surface area contributed by atoms with Gasteiger partial charge in [-0.15, -0.1) is 0 Å². The Bertz CT molecular complexity index is 1220. The van der Waals surface area contributed by atoms with Crippen molar-refractivity contribution in [1.29, 1.82) is 10.5 Å². The number of aromatic nitrogens is 2. The highest BCUT2D eigenvalue weighted by Crippen LogP contribution is 2.30. The maximum absolute atomic E-state index is 12.2. The van der Waals surface area contributed by atoms with E-state index in [0.29, 0.717) is 28.3 Å². The van der Waals surface area contributed by atoms with Crippen molar-refractivity contribution < 1.29 is 9.53 Å². The molecule has 0 saturated heterocycles. The molecule has 0 bridgehead atoms. The molecule has 156 valence electrons. The van der Waals surface area contributed by atoms with Gasteiger partial charge in [0, 0.05) is 11.3 Å². The topological polar surface area (TPSA) is 91.7 Å². The first-order valence-electron chi connectivity index (χ1n) is 9.62. The molecule has 0 unspecified atom stereocenters. The highest BCUT2D eigenvalue weighted by Gasteiger charge is 2.19. The number of hydrogen-bond donors (Lipinski definition) is 0. The second kappa shape index (κ2) is 8.63. The molecule has 0 atom stereocenters. The van der Waals surface area contributed by atoms with Gasteiger partial charge >= 0.3 is 5.97 Å². The Kier molecular flexibility index (Phi) is 6.15. The number of carbonyl (C=O) groups is 1. The van der Waals surface area contributed by atoms with E-state index in [1.807, 2.05) is 45.9 Å². The molecule has 0 amide bonds. The van der Waals surface area contributed by atoms with Crippen molar-refractivity contribution >= 4 is 17.6 Å². The molecule has 6 nitrogen and oxygen atoms in total. The Morgan fingerprint density at radius 2 is 1.81 bits per heavy atom. The molecule has 0 spiro atoms. The van der Waals surface area contributed by atoms with Gasteiger partial charge in [0.2, 0.25) is 0 Å². The van der Waals surface area contributed by atoms with Crippen LogP contribution < -0.4 is 0 Å². The molecule has 31 heavy (non-hydrogen) atoms. The van der Waals surface area contributed by atoms with Crippen LogP contribution in [-0.4, -0.2) is 21.4 Å². The predicted molar refractivity (Wildman–Crippen MR) is 118 cm³/mol. The van der Waals surface area contributed by atoms with Crippen LogP contribution in [0.3, 0.4) is 0 Å². The molecule has 0 N–H and O–H groups in total. The number of rotatable bonds is 4. The largest absolute Gasteiger partial charge is 0.456 e. The fourth-order valence-corrected chi connectivity index (χ4v) is 3.36. The zero-order valence-corrected chi connectivity index (χ0v) is 18.5. The molecule has 7 heteroatoms. The molecular weight excluding hydrogens is 412 g/mol. The lowest BCUT2D eigenvalue weighted by Crippen LogP contribution is -2.23. The van der Waals surface area contributed by atoms with Crippen molar-refractivity contribution in [3.63, 3.8) is 0 Å². The van der Waals surface area contributed by atoms with Gasteiger partial charge in [0.05, 0.1) is 22.7 Å². The minimum absolute atomic E-state index is 0.281. The summed E-state index contributed by atoms with van der Waals surface area (Å²) in [6.07, 6.45) is 0. The van der Waals surface area contributed by atoms with Gasteiger partial charge in [-0.25, -0.2) is 4.79 Å². The summed E-state index contributed by atoms with van der Waals surface area (Å²) in [6.45, 7) is 7.78. The van der Waals surface area contributed by atoms with Gasteiger partial charge in [-0.05, 0) is 63.1 Å². The van der Waals surface area contributed by atoms with Gasteiger partial charge in [0.15, 0.2) is 5.69 Å². The minimum Gasteiger partial charge on any atom is -0.456 e. The molecular formula is C24H21ClN4O2. The van der Waals surface area contributed by atoms with Crippen LogP contribution in [0.4, 0.5) is 0 Å². The molecule has 0 aliphatic rings. The summed E-state index contributed by atoms with van der Waals surface area (Å²) in [5, 5.41) is 23.4. The Morgan fingerprint density at radius 1 is 1.13 bits per heavy atom. The van der Waals surface area contributed by atoms with Gasteiger partial charge in [0.25, 0.3) is 0 Å². The summed E-state index contributed by atoms with van der Waals surface area (Å²) in [7, 11) is 0. The SMILES string of the molecule is Cc1c(-c2ccc(C#N)c(Cl)c2)c(C#N)nn1Cc1ccc(C(=O)OC(C)(C)C)cc1. The summed E-state index contributed by atoms with van der Waals surface area (Å²) in [6, 6.07) is 16.3. The summed E-state index contributed by atoms with van der Waals surface area (Å²) in [5.41, 5.74) is 3.70. The van der Waals surface area contributed by atoms with Gasteiger partial charge in [-0.1, -0.05) is 29.8 Å². The summed E-state index contributed by atoms with van der Waals surface area (Å²) in [4.78, 5) is 12.2. The molecule has 0 saturated carbocycles. The van der Waals surface area contributed by atoms with Gasteiger partial charge in [0.1, 0.15) is 17.7 Å². The second-order valence-electron chi connectivity index (χ2n) is 8.08. The van der Waals surface area contributed by atoms with Crippen molar-refractivity contribution in [2.75, 3.05) is 0 Å². The van der Waals surface area contributed by atoms with Gasteiger partial charge < -0.3 is 4.74 Å². The van der Waals surface area contributed by atoms with Crippen LogP contribution in [0.2, 0.25) is 5.02 Å².